The third-order valence-electron chi connectivity index (χ3n) is 4.44. The van der Waals surface area contributed by atoms with Crippen molar-refractivity contribution in [3.63, 3.8) is 0 Å². The first-order valence-electron chi connectivity index (χ1n) is 8.39. The van der Waals surface area contributed by atoms with Crippen LogP contribution in [0.2, 0.25) is 0 Å². The van der Waals surface area contributed by atoms with Gasteiger partial charge in [-0.2, -0.15) is 0 Å². The standard InChI is InChI=1S/C21H17NO5/c1-22-11-13(15-5-3-4-6-17(15)22)9-19-21(24)16-8-7-14(10-18(16)27-19)26-12-20(23)25-2/h3-11H,12H2,1-2H3. The van der Waals surface area contributed by atoms with Gasteiger partial charge >= 0.3 is 5.97 Å². The molecule has 3 aromatic rings. The lowest BCUT2D eigenvalue weighted by atomic mass is 10.1. The van der Waals surface area contributed by atoms with E-state index >= 15 is 0 Å². The van der Waals surface area contributed by atoms with Gasteiger partial charge in [-0.3, -0.25) is 4.79 Å². The molecule has 6 nitrogen and oxygen atoms in total. The number of hydrogen-bond acceptors (Lipinski definition) is 5. The number of aryl methyl sites for hydroxylation is 1. The van der Waals surface area contributed by atoms with Crippen LogP contribution in [0.3, 0.4) is 0 Å². The van der Waals surface area contributed by atoms with Crippen molar-refractivity contribution < 1.29 is 23.8 Å². The van der Waals surface area contributed by atoms with Crippen LogP contribution in [0, 0.1) is 0 Å². The minimum atomic E-state index is -0.482. The van der Waals surface area contributed by atoms with E-state index in [1.54, 1.807) is 24.3 Å². The Hall–Kier alpha value is -3.54. The molecule has 1 aromatic heterocycles. The highest BCUT2D eigenvalue weighted by Crippen LogP contribution is 2.35. The van der Waals surface area contributed by atoms with Crippen molar-refractivity contribution >= 4 is 28.7 Å². The van der Waals surface area contributed by atoms with Gasteiger partial charge in [-0.15, -0.1) is 0 Å². The molecule has 2 heterocycles. The van der Waals surface area contributed by atoms with E-state index in [1.807, 2.05) is 42.1 Å². The van der Waals surface area contributed by atoms with Gasteiger partial charge in [0, 0.05) is 35.8 Å². The predicted octanol–water partition coefficient (Wildman–Crippen LogP) is 3.35. The average molecular weight is 363 g/mol. The number of ether oxygens (including phenoxy) is 3. The summed E-state index contributed by atoms with van der Waals surface area (Å²) >= 11 is 0. The van der Waals surface area contributed by atoms with E-state index in [2.05, 4.69) is 4.74 Å². The van der Waals surface area contributed by atoms with Crippen molar-refractivity contribution in [2.45, 2.75) is 0 Å². The number of hydrogen-bond donors (Lipinski definition) is 0. The van der Waals surface area contributed by atoms with Crippen LogP contribution in [0.15, 0.2) is 54.4 Å². The normalized spacial score (nSPS) is 14.3. The lowest BCUT2D eigenvalue weighted by Crippen LogP contribution is -2.12. The molecule has 4 rings (SSSR count). The molecule has 0 saturated carbocycles. The quantitative estimate of drug-likeness (QED) is 0.525. The SMILES string of the molecule is COC(=O)COc1ccc2c(c1)OC(=Cc1cn(C)c3ccccc13)C2=O. The Bertz CT molecular complexity index is 1090. The number of allylic oxidation sites excluding steroid dienone is 1. The van der Waals surface area contributed by atoms with Crippen molar-refractivity contribution in [1.82, 2.24) is 4.57 Å². The Kier molecular flexibility index (Phi) is 4.16. The van der Waals surface area contributed by atoms with Gasteiger partial charge in [0.2, 0.25) is 5.78 Å². The number of para-hydroxylation sites is 1. The van der Waals surface area contributed by atoms with Crippen molar-refractivity contribution in [1.29, 1.82) is 0 Å². The van der Waals surface area contributed by atoms with Crippen molar-refractivity contribution in [2.24, 2.45) is 7.05 Å². The second kappa shape index (κ2) is 6.64. The van der Waals surface area contributed by atoms with Crippen LogP contribution in [0.1, 0.15) is 15.9 Å². The Morgan fingerprint density at radius 3 is 2.85 bits per heavy atom. The van der Waals surface area contributed by atoms with E-state index < -0.39 is 5.97 Å². The number of carbonyl (C=O) groups excluding carboxylic acids is 2. The highest BCUT2D eigenvalue weighted by Gasteiger charge is 2.28. The number of benzene rings is 2. The Morgan fingerprint density at radius 1 is 1.22 bits per heavy atom. The molecule has 1 aliphatic rings. The van der Waals surface area contributed by atoms with Crippen LogP contribution >= 0.6 is 0 Å². The molecule has 0 unspecified atom stereocenters. The molecule has 27 heavy (non-hydrogen) atoms. The van der Waals surface area contributed by atoms with Gasteiger partial charge in [-0.05, 0) is 24.3 Å². The molecule has 136 valence electrons. The van der Waals surface area contributed by atoms with Crippen LogP contribution < -0.4 is 9.47 Å². The number of fused-ring (bicyclic) bond motifs is 2. The van der Waals surface area contributed by atoms with Gasteiger partial charge in [0.15, 0.2) is 12.4 Å². The number of rotatable bonds is 4. The highest BCUT2D eigenvalue weighted by molar-refractivity contribution is 6.15. The molecule has 2 aromatic carbocycles. The third kappa shape index (κ3) is 3.06. The van der Waals surface area contributed by atoms with Gasteiger partial charge in [0.1, 0.15) is 11.5 Å². The minimum Gasteiger partial charge on any atom is -0.482 e. The van der Waals surface area contributed by atoms with E-state index in [4.69, 9.17) is 9.47 Å². The zero-order chi connectivity index (χ0) is 19.0. The predicted molar refractivity (Wildman–Crippen MR) is 99.8 cm³/mol. The summed E-state index contributed by atoms with van der Waals surface area (Å²) in [5.41, 5.74) is 2.45. The molecule has 0 amide bonds. The summed E-state index contributed by atoms with van der Waals surface area (Å²) in [6.45, 7) is -0.206. The molecule has 0 spiro atoms. The van der Waals surface area contributed by atoms with Crippen LogP contribution in [-0.2, 0) is 16.6 Å². The molecule has 0 aliphatic carbocycles. The van der Waals surface area contributed by atoms with Crippen LogP contribution in [0.4, 0.5) is 0 Å². The summed E-state index contributed by atoms with van der Waals surface area (Å²) in [5, 5.41) is 1.04. The van der Waals surface area contributed by atoms with Gasteiger partial charge in [0.25, 0.3) is 0 Å². The van der Waals surface area contributed by atoms with Crippen molar-refractivity contribution in [2.75, 3.05) is 13.7 Å². The summed E-state index contributed by atoms with van der Waals surface area (Å²) < 4.78 is 17.7. The fraction of sp³-hybridized carbons (Fsp3) is 0.143. The molecule has 0 bridgehead atoms. The summed E-state index contributed by atoms with van der Waals surface area (Å²) in [7, 11) is 3.25. The van der Waals surface area contributed by atoms with E-state index in [0.29, 0.717) is 17.1 Å². The second-order valence-electron chi connectivity index (χ2n) is 6.18. The first kappa shape index (κ1) is 16.9. The lowest BCUT2D eigenvalue weighted by molar-refractivity contribution is -0.142. The summed E-state index contributed by atoms with van der Waals surface area (Å²) in [5.74, 6) is 0.431. The highest BCUT2D eigenvalue weighted by atomic mass is 16.6. The van der Waals surface area contributed by atoms with Crippen LogP contribution in [0.5, 0.6) is 11.5 Å². The summed E-state index contributed by atoms with van der Waals surface area (Å²) in [6, 6.07) is 12.8. The van der Waals surface area contributed by atoms with Gasteiger partial charge in [-0.1, -0.05) is 18.2 Å². The second-order valence-corrected chi connectivity index (χ2v) is 6.18. The first-order chi connectivity index (χ1) is 13.1. The Labute approximate surface area is 155 Å². The van der Waals surface area contributed by atoms with E-state index in [1.165, 1.54) is 7.11 Å². The fourth-order valence-corrected chi connectivity index (χ4v) is 3.09. The maximum atomic E-state index is 12.7. The van der Waals surface area contributed by atoms with Crippen LogP contribution in [-0.4, -0.2) is 30.0 Å². The smallest absolute Gasteiger partial charge is 0.343 e. The number of ketones is 1. The van der Waals surface area contributed by atoms with Gasteiger partial charge < -0.3 is 18.8 Å². The molecular weight excluding hydrogens is 346 g/mol. The number of Topliss-reactive ketones (excluding diaryl/α,β-unsaturated/α-hetero) is 1. The number of esters is 1. The monoisotopic (exact) mass is 363 g/mol. The third-order valence-corrected chi connectivity index (χ3v) is 4.44. The van der Waals surface area contributed by atoms with Crippen molar-refractivity contribution in [3.8, 4) is 11.5 Å². The number of methoxy groups -OCH3 is 1. The zero-order valence-corrected chi connectivity index (χ0v) is 14.9. The molecule has 1 aliphatic heterocycles. The molecule has 0 saturated heterocycles. The van der Waals surface area contributed by atoms with Crippen molar-refractivity contribution in [3.05, 3.63) is 65.5 Å². The van der Waals surface area contributed by atoms with E-state index in [0.717, 1.165) is 16.5 Å². The van der Waals surface area contributed by atoms with Gasteiger partial charge in [0.05, 0.1) is 12.7 Å². The van der Waals surface area contributed by atoms with Crippen LogP contribution in [0.25, 0.3) is 17.0 Å². The maximum absolute atomic E-state index is 12.7. The topological polar surface area (TPSA) is 66.8 Å². The maximum Gasteiger partial charge on any atom is 0.343 e. The molecule has 0 fully saturated rings. The Balaban J connectivity index is 1.63. The molecule has 6 heteroatoms. The largest absolute Gasteiger partial charge is 0.482 e. The fourth-order valence-electron chi connectivity index (χ4n) is 3.09. The zero-order valence-electron chi connectivity index (χ0n) is 14.9. The first-order valence-corrected chi connectivity index (χ1v) is 8.39. The van der Waals surface area contributed by atoms with Gasteiger partial charge in [-0.25, -0.2) is 4.79 Å². The average Bonchev–Trinajstić information content (AvgIpc) is 3.17. The number of aromatic nitrogens is 1. The van der Waals surface area contributed by atoms with E-state index in [-0.39, 0.29) is 18.1 Å². The summed E-state index contributed by atoms with van der Waals surface area (Å²) in [6.07, 6.45) is 3.71. The number of carbonyl (C=O) groups is 2. The number of nitrogens with zero attached hydrogens (tertiary/aromatic N) is 1. The summed E-state index contributed by atoms with van der Waals surface area (Å²) in [4.78, 5) is 23.8. The lowest BCUT2D eigenvalue weighted by Gasteiger charge is -2.05. The molecule has 0 N–H and O–H groups in total. The molecule has 0 radical (unpaired) electrons. The molecular formula is C21H17NO5. The minimum absolute atomic E-state index is 0.183. The molecule has 0 atom stereocenters. The Morgan fingerprint density at radius 2 is 2.04 bits per heavy atom. The van der Waals surface area contributed by atoms with E-state index in [9.17, 15) is 9.59 Å².